The average Bonchev–Trinajstić information content (AvgIpc) is 2.86. The number of aryl methyl sites for hydroxylation is 1. The number of rotatable bonds is 2. The number of aromatic nitrogens is 2. The first-order valence-corrected chi connectivity index (χ1v) is 8.69. The molecule has 0 radical (unpaired) electrons. The van der Waals surface area contributed by atoms with Crippen LogP contribution in [0.4, 0.5) is 0 Å². The Hall–Kier alpha value is -2.31. The highest BCUT2D eigenvalue weighted by Crippen LogP contribution is 2.50. The van der Waals surface area contributed by atoms with E-state index in [1.54, 1.807) is 6.20 Å². The van der Waals surface area contributed by atoms with Crippen LogP contribution < -0.4 is 10.6 Å². The van der Waals surface area contributed by atoms with Crippen LogP contribution in [0.25, 0.3) is 0 Å². The summed E-state index contributed by atoms with van der Waals surface area (Å²) >= 11 is 0. The standard InChI is InChI=1S/C19H22N4O2/c1-12-10-22-15(11-21-12)18(25)23-16-13-4-2-3-5-14(13)19(17(16)24)6-8-20-9-7-19/h2-5,10-11,16-17,20,24H,6-9H2,1H3,(H,23,25)/t16-,17+/m1/s1. The van der Waals surface area contributed by atoms with Crippen molar-refractivity contribution in [1.82, 2.24) is 20.6 Å². The molecule has 1 aromatic carbocycles. The fourth-order valence-corrected chi connectivity index (χ4v) is 4.19. The second-order valence-electron chi connectivity index (χ2n) is 6.93. The molecule has 1 aliphatic heterocycles. The minimum absolute atomic E-state index is 0.265. The third-order valence-corrected chi connectivity index (χ3v) is 5.51. The van der Waals surface area contributed by atoms with Crippen molar-refractivity contribution in [1.29, 1.82) is 0 Å². The van der Waals surface area contributed by atoms with E-state index in [1.807, 2.05) is 25.1 Å². The summed E-state index contributed by atoms with van der Waals surface area (Å²) in [5.74, 6) is -0.308. The first-order valence-electron chi connectivity index (χ1n) is 8.69. The molecule has 6 heteroatoms. The Morgan fingerprint density at radius 3 is 2.72 bits per heavy atom. The summed E-state index contributed by atoms with van der Waals surface area (Å²) in [7, 11) is 0. The number of nitrogens with zero attached hydrogens (tertiary/aromatic N) is 2. The van der Waals surface area contributed by atoms with E-state index in [-0.39, 0.29) is 17.0 Å². The minimum Gasteiger partial charge on any atom is -0.390 e. The van der Waals surface area contributed by atoms with E-state index < -0.39 is 12.1 Å². The Balaban J connectivity index is 1.66. The molecule has 2 aromatic rings. The lowest BCUT2D eigenvalue weighted by Crippen LogP contribution is -2.48. The van der Waals surface area contributed by atoms with Crippen LogP contribution in [-0.2, 0) is 5.41 Å². The molecule has 1 fully saturated rings. The van der Waals surface area contributed by atoms with Crippen LogP contribution in [0, 0.1) is 6.92 Å². The molecule has 3 N–H and O–H groups in total. The van der Waals surface area contributed by atoms with Gasteiger partial charge in [-0.05, 0) is 44.0 Å². The lowest BCUT2D eigenvalue weighted by Gasteiger charge is -2.38. The molecule has 1 saturated heterocycles. The quantitative estimate of drug-likeness (QED) is 0.767. The first-order chi connectivity index (χ1) is 12.1. The molecule has 4 rings (SSSR count). The number of aliphatic hydroxyl groups excluding tert-OH is 1. The monoisotopic (exact) mass is 338 g/mol. The van der Waals surface area contributed by atoms with Crippen molar-refractivity contribution in [3.63, 3.8) is 0 Å². The van der Waals surface area contributed by atoms with Gasteiger partial charge in [0.1, 0.15) is 5.69 Å². The lowest BCUT2D eigenvalue weighted by molar-refractivity contribution is 0.0416. The molecule has 6 nitrogen and oxygen atoms in total. The van der Waals surface area contributed by atoms with Crippen LogP contribution in [0.15, 0.2) is 36.7 Å². The van der Waals surface area contributed by atoms with Crippen molar-refractivity contribution < 1.29 is 9.90 Å². The van der Waals surface area contributed by atoms with Crippen LogP contribution in [0.1, 0.15) is 46.2 Å². The molecule has 2 atom stereocenters. The number of carbonyl (C=O) groups excluding carboxylic acids is 1. The molecule has 0 saturated carbocycles. The zero-order chi connectivity index (χ0) is 17.4. The van der Waals surface area contributed by atoms with Gasteiger partial charge in [-0.3, -0.25) is 9.78 Å². The van der Waals surface area contributed by atoms with Gasteiger partial charge in [0.15, 0.2) is 0 Å². The van der Waals surface area contributed by atoms with Crippen LogP contribution in [-0.4, -0.2) is 40.2 Å². The molecule has 1 amide bonds. The first kappa shape index (κ1) is 16.2. The molecule has 25 heavy (non-hydrogen) atoms. The highest BCUT2D eigenvalue weighted by molar-refractivity contribution is 5.92. The number of nitrogens with one attached hydrogen (secondary N) is 2. The normalized spacial score (nSPS) is 24.1. The number of benzene rings is 1. The van der Waals surface area contributed by atoms with Gasteiger partial charge in [0.25, 0.3) is 5.91 Å². The molecule has 2 aliphatic rings. The van der Waals surface area contributed by atoms with Crippen molar-refractivity contribution in [2.24, 2.45) is 0 Å². The third-order valence-electron chi connectivity index (χ3n) is 5.51. The zero-order valence-corrected chi connectivity index (χ0v) is 14.2. The molecule has 0 unspecified atom stereocenters. The van der Waals surface area contributed by atoms with Crippen molar-refractivity contribution in [2.75, 3.05) is 13.1 Å². The molecule has 2 heterocycles. The van der Waals surface area contributed by atoms with Crippen LogP contribution in [0.3, 0.4) is 0 Å². The Labute approximate surface area is 146 Å². The minimum atomic E-state index is -0.644. The number of fused-ring (bicyclic) bond motifs is 2. The smallest absolute Gasteiger partial charge is 0.272 e. The van der Waals surface area contributed by atoms with Crippen LogP contribution in [0.5, 0.6) is 0 Å². The van der Waals surface area contributed by atoms with Gasteiger partial charge in [-0.25, -0.2) is 4.98 Å². The zero-order valence-electron chi connectivity index (χ0n) is 14.2. The molecule has 1 aromatic heterocycles. The van der Waals surface area contributed by atoms with Crippen molar-refractivity contribution >= 4 is 5.91 Å². The number of aliphatic hydroxyl groups is 1. The number of hydrogen-bond donors (Lipinski definition) is 3. The Morgan fingerprint density at radius 2 is 2.00 bits per heavy atom. The van der Waals surface area contributed by atoms with E-state index in [2.05, 4.69) is 26.7 Å². The number of carbonyl (C=O) groups is 1. The molecular formula is C19H22N4O2. The van der Waals surface area contributed by atoms with E-state index in [4.69, 9.17) is 0 Å². The fraction of sp³-hybridized carbons (Fsp3) is 0.421. The van der Waals surface area contributed by atoms with Gasteiger partial charge in [-0.2, -0.15) is 0 Å². The van der Waals surface area contributed by atoms with Gasteiger partial charge in [-0.15, -0.1) is 0 Å². The van der Waals surface area contributed by atoms with E-state index in [0.717, 1.165) is 42.8 Å². The summed E-state index contributed by atoms with van der Waals surface area (Å²) in [6.45, 7) is 3.57. The fourth-order valence-electron chi connectivity index (χ4n) is 4.19. The SMILES string of the molecule is Cc1cnc(C(=O)N[C@@H]2c3ccccc3C3(CCNCC3)[C@H]2O)cn1. The Morgan fingerprint density at radius 1 is 1.24 bits per heavy atom. The predicted molar refractivity (Wildman–Crippen MR) is 93.2 cm³/mol. The van der Waals surface area contributed by atoms with Gasteiger partial charge in [0, 0.05) is 11.6 Å². The van der Waals surface area contributed by atoms with Gasteiger partial charge in [0.05, 0.1) is 24.0 Å². The highest BCUT2D eigenvalue weighted by Gasteiger charge is 2.52. The summed E-state index contributed by atoms with van der Waals surface area (Å²) in [5, 5.41) is 17.5. The number of amides is 1. The van der Waals surface area contributed by atoms with E-state index in [1.165, 1.54) is 6.20 Å². The Kier molecular flexibility index (Phi) is 4.01. The largest absolute Gasteiger partial charge is 0.390 e. The molecular weight excluding hydrogens is 316 g/mol. The number of piperidine rings is 1. The predicted octanol–water partition coefficient (Wildman–Crippen LogP) is 1.25. The van der Waals surface area contributed by atoms with E-state index in [9.17, 15) is 9.90 Å². The van der Waals surface area contributed by atoms with Gasteiger partial charge in [-0.1, -0.05) is 24.3 Å². The maximum atomic E-state index is 12.6. The molecule has 0 bridgehead atoms. The maximum absolute atomic E-state index is 12.6. The van der Waals surface area contributed by atoms with Crippen molar-refractivity contribution in [3.8, 4) is 0 Å². The summed E-state index contributed by atoms with van der Waals surface area (Å²) in [5.41, 5.74) is 2.89. The summed E-state index contributed by atoms with van der Waals surface area (Å²) in [6.07, 6.45) is 4.12. The average molecular weight is 338 g/mol. The lowest BCUT2D eigenvalue weighted by atomic mass is 9.72. The van der Waals surface area contributed by atoms with E-state index in [0.29, 0.717) is 0 Å². The van der Waals surface area contributed by atoms with Crippen molar-refractivity contribution in [2.45, 2.75) is 37.3 Å². The number of hydrogen-bond acceptors (Lipinski definition) is 5. The Bertz CT molecular complexity index is 784. The topological polar surface area (TPSA) is 87.1 Å². The summed E-state index contributed by atoms with van der Waals surface area (Å²) < 4.78 is 0. The van der Waals surface area contributed by atoms with Gasteiger partial charge in [0.2, 0.25) is 0 Å². The van der Waals surface area contributed by atoms with Crippen LogP contribution >= 0.6 is 0 Å². The maximum Gasteiger partial charge on any atom is 0.272 e. The molecule has 130 valence electrons. The van der Waals surface area contributed by atoms with E-state index >= 15 is 0 Å². The van der Waals surface area contributed by atoms with Gasteiger partial charge >= 0.3 is 0 Å². The van der Waals surface area contributed by atoms with Gasteiger partial charge < -0.3 is 15.7 Å². The summed E-state index contributed by atoms with van der Waals surface area (Å²) in [6, 6.07) is 7.62. The second-order valence-corrected chi connectivity index (χ2v) is 6.93. The highest BCUT2D eigenvalue weighted by atomic mass is 16.3. The third kappa shape index (κ3) is 2.62. The molecule has 1 spiro atoms. The van der Waals surface area contributed by atoms with Crippen molar-refractivity contribution in [3.05, 3.63) is 59.2 Å². The van der Waals surface area contributed by atoms with Crippen LogP contribution in [0.2, 0.25) is 0 Å². The molecule has 1 aliphatic carbocycles. The summed E-state index contributed by atoms with van der Waals surface area (Å²) in [4.78, 5) is 20.9. The second kappa shape index (κ2) is 6.20.